The number of carbonyl (C=O) groups excluding carboxylic acids is 1. The number of rotatable bonds is 26. The molecule has 1 rings (SSSR count). The summed E-state index contributed by atoms with van der Waals surface area (Å²) >= 11 is 1.13. The quantitative estimate of drug-likeness (QED) is 0.146. The number of sulfone groups is 1. The average Bonchev–Trinajstić information content (AvgIpc) is 3.24. The van der Waals surface area contributed by atoms with E-state index in [2.05, 4.69) is 10.3 Å². The van der Waals surface area contributed by atoms with Crippen LogP contribution in [0.15, 0.2) is 5.03 Å². The normalized spacial score (nSPS) is 11.8. The molecule has 38 heavy (non-hydrogen) atoms. The molecule has 0 fully saturated rings. The van der Waals surface area contributed by atoms with E-state index in [1.54, 1.807) is 6.92 Å². The number of aliphatic hydroxyl groups is 1. The Hall–Kier alpha value is -1.27. The first-order valence-corrected chi connectivity index (χ1v) is 15.0. The molecule has 15 heteroatoms. The maximum atomic E-state index is 12.5. The lowest BCUT2D eigenvalue weighted by molar-refractivity contribution is -0.114. The van der Waals surface area contributed by atoms with Crippen molar-refractivity contribution >= 4 is 32.2 Å². The van der Waals surface area contributed by atoms with Crippen LogP contribution in [-0.4, -0.2) is 129 Å². The van der Waals surface area contributed by atoms with Crippen LogP contribution < -0.4 is 5.32 Å². The van der Waals surface area contributed by atoms with Crippen LogP contribution in [0.4, 0.5) is 5.13 Å². The Bertz CT molecular complexity index is 837. The number of aryl methyl sites for hydroxylation is 1. The average molecular weight is 587 g/mol. The highest BCUT2D eigenvalue weighted by molar-refractivity contribution is 7.91. The Labute approximate surface area is 229 Å². The molecule has 0 aliphatic heterocycles. The molecule has 0 saturated carbocycles. The smallest absolute Gasteiger partial charge is 0.223 e. The molecular formula is C23H42N2O11S2. The third kappa shape index (κ3) is 18.1. The zero-order valence-corrected chi connectivity index (χ0v) is 23.9. The van der Waals surface area contributed by atoms with Crippen molar-refractivity contribution in [2.45, 2.75) is 25.3 Å². The van der Waals surface area contributed by atoms with Gasteiger partial charge in [-0.05, 0) is 13.3 Å². The lowest BCUT2D eigenvalue weighted by Gasteiger charge is -2.08. The minimum atomic E-state index is -3.54. The van der Waals surface area contributed by atoms with Gasteiger partial charge in [0.05, 0.1) is 98.2 Å². The van der Waals surface area contributed by atoms with Crippen molar-refractivity contribution in [1.82, 2.24) is 4.98 Å². The van der Waals surface area contributed by atoms with Crippen molar-refractivity contribution in [3.8, 4) is 0 Å². The lowest BCUT2D eigenvalue weighted by Crippen LogP contribution is -2.15. The summed E-state index contributed by atoms with van der Waals surface area (Å²) in [5.41, 5.74) is 0. The predicted octanol–water partition coefficient (Wildman–Crippen LogP) is 0.682. The van der Waals surface area contributed by atoms with Crippen molar-refractivity contribution in [2.24, 2.45) is 0 Å². The van der Waals surface area contributed by atoms with Crippen LogP contribution in [0, 0.1) is 6.92 Å². The number of amides is 1. The fraction of sp³-hybridized carbons (Fsp3) is 0.826. The highest BCUT2D eigenvalue weighted by Crippen LogP contribution is 2.26. The van der Waals surface area contributed by atoms with Crippen LogP contribution in [0.5, 0.6) is 0 Å². The number of aliphatic hydroxyl groups excluding tert-OH is 1. The van der Waals surface area contributed by atoms with Gasteiger partial charge in [0.15, 0.2) is 20.0 Å². The van der Waals surface area contributed by atoms with E-state index in [1.165, 1.54) is 6.92 Å². The van der Waals surface area contributed by atoms with Gasteiger partial charge in [-0.1, -0.05) is 0 Å². The Balaban J connectivity index is 1.85. The summed E-state index contributed by atoms with van der Waals surface area (Å²) in [6.45, 7) is 8.97. The topological polar surface area (TPSA) is 161 Å². The zero-order valence-electron chi connectivity index (χ0n) is 22.3. The second-order valence-electron chi connectivity index (χ2n) is 7.74. The van der Waals surface area contributed by atoms with Crippen LogP contribution in [0.3, 0.4) is 0 Å². The highest BCUT2D eigenvalue weighted by atomic mass is 32.2. The number of thiazole rings is 1. The molecule has 1 amide bonds. The Morgan fingerprint density at radius 3 is 1.55 bits per heavy atom. The number of anilines is 1. The summed E-state index contributed by atoms with van der Waals surface area (Å²) < 4.78 is 62.4. The monoisotopic (exact) mass is 586 g/mol. The van der Waals surface area contributed by atoms with Gasteiger partial charge >= 0.3 is 0 Å². The number of hydrogen-bond donors (Lipinski definition) is 2. The first-order valence-electron chi connectivity index (χ1n) is 12.5. The molecule has 0 unspecified atom stereocenters. The minimum absolute atomic E-state index is 0.00699. The Morgan fingerprint density at radius 2 is 1.16 bits per heavy atom. The molecular weight excluding hydrogens is 544 g/mol. The van der Waals surface area contributed by atoms with Gasteiger partial charge in [-0.25, -0.2) is 13.4 Å². The molecule has 0 spiro atoms. The SMILES string of the molecule is CC(=O)Nc1nc(S(=O)(=O)CCCOCCOCCOCCOCCOCCOCCOCCO)c(C)s1. The molecule has 0 radical (unpaired) electrons. The fourth-order valence-electron chi connectivity index (χ4n) is 2.81. The van der Waals surface area contributed by atoms with Crippen LogP contribution in [0.25, 0.3) is 0 Å². The van der Waals surface area contributed by atoms with Crippen molar-refractivity contribution < 1.29 is 51.5 Å². The number of carbonyl (C=O) groups is 1. The minimum Gasteiger partial charge on any atom is -0.394 e. The molecule has 1 heterocycles. The fourth-order valence-corrected chi connectivity index (χ4v) is 5.49. The van der Waals surface area contributed by atoms with Crippen molar-refractivity contribution in [2.75, 3.05) is 110 Å². The standard InChI is InChI=1S/C23H42N2O11S2/c1-20-22(25-23(37-20)24-21(2)27)38(28,29)19-3-5-30-7-9-32-11-13-34-15-17-36-18-16-35-14-12-33-10-8-31-6-4-26/h26H,3-19H2,1-2H3,(H,24,25,27). The van der Waals surface area contributed by atoms with E-state index >= 15 is 0 Å². The Morgan fingerprint density at radius 1 is 0.763 bits per heavy atom. The number of ether oxygens (including phenoxy) is 7. The molecule has 0 aliphatic rings. The van der Waals surface area contributed by atoms with Gasteiger partial charge in [-0.15, -0.1) is 11.3 Å². The van der Waals surface area contributed by atoms with Gasteiger partial charge in [0.2, 0.25) is 5.91 Å². The number of aromatic nitrogens is 1. The molecule has 0 aromatic carbocycles. The highest BCUT2D eigenvalue weighted by Gasteiger charge is 2.22. The molecule has 0 aliphatic carbocycles. The first kappa shape index (κ1) is 34.8. The summed E-state index contributed by atoms with van der Waals surface area (Å²) in [6.07, 6.45) is 0.332. The van der Waals surface area contributed by atoms with E-state index in [-0.39, 0.29) is 35.0 Å². The molecule has 1 aromatic rings. The van der Waals surface area contributed by atoms with Gasteiger partial charge < -0.3 is 43.6 Å². The van der Waals surface area contributed by atoms with Crippen molar-refractivity contribution in [1.29, 1.82) is 0 Å². The summed E-state index contributed by atoms with van der Waals surface area (Å²) in [5, 5.41) is 11.3. The van der Waals surface area contributed by atoms with E-state index < -0.39 is 9.84 Å². The molecule has 0 bridgehead atoms. The number of nitrogens with zero attached hydrogens (tertiary/aromatic N) is 1. The van der Waals surface area contributed by atoms with E-state index in [0.717, 1.165) is 11.3 Å². The number of nitrogens with one attached hydrogen (secondary N) is 1. The number of hydrogen-bond acceptors (Lipinski definition) is 13. The van der Waals surface area contributed by atoms with E-state index in [0.29, 0.717) is 97.2 Å². The summed E-state index contributed by atoms with van der Waals surface area (Å²) in [5.74, 6) is -0.384. The second-order valence-corrected chi connectivity index (χ2v) is 11.0. The molecule has 0 atom stereocenters. The van der Waals surface area contributed by atoms with Gasteiger partial charge in [-0.3, -0.25) is 4.79 Å². The van der Waals surface area contributed by atoms with Crippen LogP contribution in [0.2, 0.25) is 0 Å². The summed E-state index contributed by atoms with van der Waals surface area (Å²) in [7, 11) is -3.54. The van der Waals surface area contributed by atoms with Crippen LogP contribution in [0.1, 0.15) is 18.2 Å². The molecule has 222 valence electrons. The van der Waals surface area contributed by atoms with E-state index in [4.69, 9.17) is 38.3 Å². The molecule has 1 aromatic heterocycles. The first-order chi connectivity index (χ1) is 18.4. The van der Waals surface area contributed by atoms with Crippen molar-refractivity contribution in [3.63, 3.8) is 0 Å². The molecule has 0 saturated heterocycles. The maximum Gasteiger partial charge on any atom is 0.223 e. The Kier molecular flexibility index (Phi) is 20.6. The molecule has 2 N–H and O–H groups in total. The van der Waals surface area contributed by atoms with Crippen molar-refractivity contribution in [3.05, 3.63) is 4.88 Å². The zero-order chi connectivity index (χ0) is 27.9. The summed E-state index contributed by atoms with van der Waals surface area (Å²) in [4.78, 5) is 15.7. The predicted molar refractivity (Wildman–Crippen MR) is 141 cm³/mol. The third-order valence-corrected chi connectivity index (χ3v) is 7.33. The van der Waals surface area contributed by atoms with Gasteiger partial charge in [0.1, 0.15) is 0 Å². The van der Waals surface area contributed by atoms with Crippen LogP contribution in [-0.2, 0) is 47.8 Å². The van der Waals surface area contributed by atoms with E-state index in [1.807, 2.05) is 0 Å². The maximum absolute atomic E-state index is 12.5. The van der Waals surface area contributed by atoms with Gasteiger partial charge in [-0.2, -0.15) is 0 Å². The van der Waals surface area contributed by atoms with Crippen LogP contribution >= 0.6 is 11.3 Å². The third-order valence-electron chi connectivity index (χ3n) is 4.50. The van der Waals surface area contributed by atoms with Gasteiger partial charge in [0, 0.05) is 18.4 Å². The largest absolute Gasteiger partial charge is 0.394 e. The van der Waals surface area contributed by atoms with E-state index in [9.17, 15) is 13.2 Å². The molecule has 13 nitrogen and oxygen atoms in total. The second kappa shape index (κ2) is 22.5. The summed E-state index contributed by atoms with van der Waals surface area (Å²) in [6, 6.07) is 0. The lowest BCUT2D eigenvalue weighted by atomic mass is 10.5. The van der Waals surface area contributed by atoms with Gasteiger partial charge in [0.25, 0.3) is 0 Å².